The fraction of sp³-hybridized carbons (Fsp3) is 0.786. The van der Waals surface area contributed by atoms with Crippen molar-refractivity contribution < 1.29 is 4.74 Å². The predicted octanol–water partition coefficient (Wildman–Crippen LogP) is 2.94. The van der Waals surface area contributed by atoms with Crippen molar-refractivity contribution >= 4 is 5.95 Å². The highest BCUT2D eigenvalue weighted by Crippen LogP contribution is 2.33. The van der Waals surface area contributed by atoms with Crippen LogP contribution in [0.4, 0.5) is 5.95 Å². The number of aromatic nitrogens is 2. The molecule has 0 bridgehead atoms. The van der Waals surface area contributed by atoms with Gasteiger partial charge in [0.2, 0.25) is 5.95 Å². The molecule has 4 nitrogen and oxygen atoms in total. The Morgan fingerprint density at radius 3 is 2.89 bits per heavy atom. The molecule has 1 aromatic heterocycles. The molecule has 0 aromatic carbocycles. The van der Waals surface area contributed by atoms with Crippen LogP contribution < -0.4 is 5.32 Å². The van der Waals surface area contributed by atoms with Gasteiger partial charge in [-0.1, -0.05) is 13.8 Å². The maximum Gasteiger partial charge on any atom is 0.203 e. The van der Waals surface area contributed by atoms with Crippen molar-refractivity contribution in [1.82, 2.24) is 9.55 Å². The molecule has 1 aliphatic rings. The van der Waals surface area contributed by atoms with E-state index >= 15 is 0 Å². The van der Waals surface area contributed by atoms with E-state index in [0.29, 0.717) is 24.6 Å². The number of rotatable bonds is 5. The number of ether oxygens (including phenoxy) is 1. The van der Waals surface area contributed by atoms with Crippen LogP contribution in [0.2, 0.25) is 0 Å². The second kappa shape index (κ2) is 5.74. The monoisotopic (exact) mass is 251 g/mol. The van der Waals surface area contributed by atoms with E-state index in [1.807, 2.05) is 12.4 Å². The van der Waals surface area contributed by atoms with Crippen LogP contribution in [0.25, 0.3) is 0 Å². The van der Waals surface area contributed by atoms with Crippen molar-refractivity contribution in [2.45, 2.75) is 45.7 Å². The summed E-state index contributed by atoms with van der Waals surface area (Å²) in [4.78, 5) is 4.44. The lowest BCUT2D eigenvalue weighted by Crippen LogP contribution is -2.26. The number of nitrogens with one attached hydrogen (secondary N) is 1. The van der Waals surface area contributed by atoms with E-state index in [0.717, 1.165) is 11.9 Å². The van der Waals surface area contributed by atoms with Crippen molar-refractivity contribution in [1.29, 1.82) is 0 Å². The fourth-order valence-electron chi connectivity index (χ4n) is 2.84. The predicted molar refractivity (Wildman–Crippen MR) is 73.8 cm³/mol. The van der Waals surface area contributed by atoms with Gasteiger partial charge in [0, 0.05) is 25.5 Å². The standard InChI is InChI=1S/C14H25N3O/c1-10-5-6-13(12(10)3)16-14-15-7-8-17(14)11(2)9-18-4/h7-8,10-13H,5-6,9H2,1-4H3,(H,15,16). The van der Waals surface area contributed by atoms with Gasteiger partial charge in [0.15, 0.2) is 0 Å². The quantitative estimate of drug-likeness (QED) is 0.874. The smallest absolute Gasteiger partial charge is 0.203 e. The largest absolute Gasteiger partial charge is 0.383 e. The van der Waals surface area contributed by atoms with Gasteiger partial charge in [0.1, 0.15) is 0 Å². The summed E-state index contributed by atoms with van der Waals surface area (Å²) in [7, 11) is 1.74. The molecule has 4 atom stereocenters. The van der Waals surface area contributed by atoms with E-state index in [2.05, 4.69) is 35.6 Å². The van der Waals surface area contributed by atoms with Gasteiger partial charge in [-0.15, -0.1) is 0 Å². The summed E-state index contributed by atoms with van der Waals surface area (Å²) in [5, 5.41) is 3.61. The first-order chi connectivity index (χ1) is 8.63. The Bertz CT molecular complexity index is 377. The first-order valence-electron chi connectivity index (χ1n) is 6.91. The van der Waals surface area contributed by atoms with Crippen LogP contribution in [0.3, 0.4) is 0 Å². The van der Waals surface area contributed by atoms with E-state index in [4.69, 9.17) is 4.74 Å². The molecule has 1 aromatic rings. The maximum atomic E-state index is 5.21. The molecular weight excluding hydrogens is 226 g/mol. The van der Waals surface area contributed by atoms with Gasteiger partial charge < -0.3 is 14.6 Å². The van der Waals surface area contributed by atoms with Gasteiger partial charge in [-0.2, -0.15) is 0 Å². The van der Waals surface area contributed by atoms with E-state index in [-0.39, 0.29) is 0 Å². The first-order valence-corrected chi connectivity index (χ1v) is 6.91. The van der Waals surface area contributed by atoms with Crippen LogP contribution >= 0.6 is 0 Å². The van der Waals surface area contributed by atoms with E-state index in [1.165, 1.54) is 12.8 Å². The third-order valence-electron chi connectivity index (χ3n) is 4.33. The molecular formula is C14H25N3O. The maximum absolute atomic E-state index is 5.21. The van der Waals surface area contributed by atoms with Gasteiger partial charge in [-0.25, -0.2) is 4.98 Å². The normalized spacial score (nSPS) is 29.4. The Labute approximate surface area is 110 Å². The number of hydrogen-bond donors (Lipinski definition) is 1. The third kappa shape index (κ3) is 2.69. The Morgan fingerprint density at radius 1 is 1.50 bits per heavy atom. The Balaban J connectivity index is 2.04. The topological polar surface area (TPSA) is 39.1 Å². The highest BCUT2D eigenvalue weighted by Gasteiger charge is 2.30. The average Bonchev–Trinajstić information content (AvgIpc) is 2.92. The van der Waals surface area contributed by atoms with E-state index in [1.54, 1.807) is 7.11 Å². The molecule has 0 radical (unpaired) electrons. The highest BCUT2D eigenvalue weighted by molar-refractivity contribution is 5.29. The molecule has 0 saturated heterocycles. The zero-order chi connectivity index (χ0) is 13.1. The number of imidazole rings is 1. The molecule has 0 aliphatic heterocycles. The molecule has 4 heteroatoms. The highest BCUT2D eigenvalue weighted by atomic mass is 16.5. The van der Waals surface area contributed by atoms with Crippen LogP contribution in [0.5, 0.6) is 0 Å². The van der Waals surface area contributed by atoms with Crippen LogP contribution in [-0.4, -0.2) is 29.3 Å². The third-order valence-corrected chi connectivity index (χ3v) is 4.33. The summed E-state index contributed by atoms with van der Waals surface area (Å²) in [6.45, 7) is 7.53. The lowest BCUT2D eigenvalue weighted by molar-refractivity contribution is 0.163. The molecule has 102 valence electrons. The summed E-state index contributed by atoms with van der Waals surface area (Å²) < 4.78 is 7.38. The summed E-state index contributed by atoms with van der Waals surface area (Å²) in [6.07, 6.45) is 6.44. The zero-order valence-electron chi connectivity index (χ0n) is 11.9. The number of nitrogens with zero attached hydrogens (tertiary/aromatic N) is 2. The van der Waals surface area contributed by atoms with Crippen LogP contribution in [-0.2, 0) is 4.74 Å². The number of anilines is 1. The summed E-state index contributed by atoms with van der Waals surface area (Å²) in [5.41, 5.74) is 0. The van der Waals surface area contributed by atoms with Crippen molar-refractivity contribution in [2.24, 2.45) is 11.8 Å². The first kappa shape index (κ1) is 13.4. The molecule has 2 rings (SSSR count). The lowest BCUT2D eigenvalue weighted by Gasteiger charge is -2.22. The Morgan fingerprint density at radius 2 is 2.28 bits per heavy atom. The molecule has 18 heavy (non-hydrogen) atoms. The average molecular weight is 251 g/mol. The van der Waals surface area contributed by atoms with Gasteiger partial charge in [0.05, 0.1) is 12.6 Å². The molecule has 4 unspecified atom stereocenters. The molecule has 1 heterocycles. The van der Waals surface area contributed by atoms with Crippen LogP contribution in [0.1, 0.15) is 39.7 Å². The van der Waals surface area contributed by atoms with Crippen molar-refractivity contribution in [3.05, 3.63) is 12.4 Å². The molecule has 1 saturated carbocycles. The molecule has 1 fully saturated rings. The van der Waals surface area contributed by atoms with E-state index in [9.17, 15) is 0 Å². The summed E-state index contributed by atoms with van der Waals surface area (Å²) >= 11 is 0. The second-order valence-corrected chi connectivity index (χ2v) is 5.63. The lowest BCUT2D eigenvalue weighted by atomic mass is 9.98. The van der Waals surface area contributed by atoms with Gasteiger partial charge in [0.25, 0.3) is 0 Å². The minimum atomic E-state index is 0.314. The van der Waals surface area contributed by atoms with Gasteiger partial charge in [-0.3, -0.25) is 0 Å². The Hall–Kier alpha value is -1.03. The van der Waals surface area contributed by atoms with Crippen LogP contribution in [0, 0.1) is 11.8 Å². The number of methoxy groups -OCH3 is 1. The Kier molecular flexibility index (Phi) is 4.27. The fourth-order valence-corrected chi connectivity index (χ4v) is 2.84. The minimum Gasteiger partial charge on any atom is -0.383 e. The van der Waals surface area contributed by atoms with E-state index < -0.39 is 0 Å². The zero-order valence-corrected chi connectivity index (χ0v) is 11.9. The molecule has 0 amide bonds. The van der Waals surface area contributed by atoms with Gasteiger partial charge in [-0.05, 0) is 31.6 Å². The summed E-state index contributed by atoms with van der Waals surface area (Å²) in [6, 6.07) is 0.866. The van der Waals surface area contributed by atoms with Crippen molar-refractivity contribution in [3.8, 4) is 0 Å². The minimum absolute atomic E-state index is 0.314. The second-order valence-electron chi connectivity index (χ2n) is 5.63. The summed E-state index contributed by atoms with van der Waals surface area (Å²) in [5.74, 6) is 2.50. The van der Waals surface area contributed by atoms with Crippen molar-refractivity contribution in [2.75, 3.05) is 19.0 Å². The number of hydrogen-bond acceptors (Lipinski definition) is 3. The van der Waals surface area contributed by atoms with Gasteiger partial charge >= 0.3 is 0 Å². The molecule has 1 N–H and O–H groups in total. The molecule has 0 spiro atoms. The SMILES string of the molecule is COCC(C)n1ccnc1NC1CCC(C)C1C. The molecule has 1 aliphatic carbocycles. The van der Waals surface area contributed by atoms with Crippen LogP contribution in [0.15, 0.2) is 12.4 Å². The van der Waals surface area contributed by atoms with Crippen molar-refractivity contribution in [3.63, 3.8) is 0 Å².